The summed E-state index contributed by atoms with van der Waals surface area (Å²) < 4.78 is 10.1. The predicted octanol–water partition coefficient (Wildman–Crippen LogP) is 4.02. The topological polar surface area (TPSA) is 55.8 Å². The normalized spacial score (nSPS) is 14.2. The summed E-state index contributed by atoms with van der Waals surface area (Å²) in [5, 5.41) is 0. The van der Waals surface area contributed by atoms with E-state index in [2.05, 4.69) is 0 Å². The molecule has 0 aromatic heterocycles. The molecule has 1 aliphatic heterocycles. The van der Waals surface area contributed by atoms with E-state index in [-0.39, 0.29) is 0 Å². The SMILES string of the molecule is COC(=O)C1=CN(c2ccccc2)C=C(C(=O)OC)C1c1cc(C)ccc1C. The Hall–Kier alpha value is -3.34. The van der Waals surface area contributed by atoms with Gasteiger partial charge in [-0.15, -0.1) is 0 Å². The summed E-state index contributed by atoms with van der Waals surface area (Å²) in [5.74, 6) is -1.54. The van der Waals surface area contributed by atoms with E-state index in [1.165, 1.54) is 14.2 Å². The number of carbonyl (C=O) groups is 2. The third-order valence-electron chi connectivity index (χ3n) is 4.82. The van der Waals surface area contributed by atoms with Crippen LogP contribution in [-0.4, -0.2) is 26.2 Å². The Balaban J connectivity index is 2.22. The van der Waals surface area contributed by atoms with Crippen molar-refractivity contribution in [1.82, 2.24) is 0 Å². The molecule has 5 heteroatoms. The third kappa shape index (κ3) is 3.69. The zero-order chi connectivity index (χ0) is 20.3. The highest BCUT2D eigenvalue weighted by Gasteiger charge is 2.36. The largest absolute Gasteiger partial charge is 0.466 e. The number of ether oxygens (including phenoxy) is 2. The average Bonchev–Trinajstić information content (AvgIpc) is 2.74. The Morgan fingerprint density at radius 1 is 0.857 bits per heavy atom. The van der Waals surface area contributed by atoms with Gasteiger partial charge in [0, 0.05) is 18.1 Å². The number of anilines is 1. The van der Waals surface area contributed by atoms with Crippen LogP contribution in [0.5, 0.6) is 0 Å². The van der Waals surface area contributed by atoms with Gasteiger partial charge in [-0.05, 0) is 37.1 Å². The molecule has 0 fully saturated rings. The van der Waals surface area contributed by atoms with Gasteiger partial charge < -0.3 is 14.4 Å². The van der Waals surface area contributed by atoms with Crippen LogP contribution in [0.4, 0.5) is 5.69 Å². The van der Waals surface area contributed by atoms with Gasteiger partial charge in [-0.25, -0.2) is 9.59 Å². The number of para-hydroxylation sites is 1. The molecule has 28 heavy (non-hydrogen) atoms. The van der Waals surface area contributed by atoms with Crippen LogP contribution in [0.1, 0.15) is 22.6 Å². The Labute approximate surface area is 164 Å². The molecule has 5 nitrogen and oxygen atoms in total. The lowest BCUT2D eigenvalue weighted by molar-refractivity contribution is -0.137. The van der Waals surface area contributed by atoms with Crippen LogP contribution >= 0.6 is 0 Å². The Bertz CT molecular complexity index is 926. The second-order valence-electron chi connectivity index (χ2n) is 6.69. The fourth-order valence-electron chi connectivity index (χ4n) is 3.39. The van der Waals surface area contributed by atoms with Gasteiger partial charge in [0.1, 0.15) is 0 Å². The van der Waals surface area contributed by atoms with Crippen molar-refractivity contribution in [3.63, 3.8) is 0 Å². The first kappa shape index (κ1) is 19.4. The number of hydrogen-bond acceptors (Lipinski definition) is 5. The summed E-state index contributed by atoms with van der Waals surface area (Å²) in [5.41, 5.74) is 4.48. The Morgan fingerprint density at radius 2 is 1.43 bits per heavy atom. The first-order valence-corrected chi connectivity index (χ1v) is 8.97. The van der Waals surface area contributed by atoms with Gasteiger partial charge in [0.05, 0.1) is 31.3 Å². The number of benzene rings is 2. The second kappa shape index (κ2) is 8.13. The molecule has 2 aromatic rings. The van der Waals surface area contributed by atoms with Crippen LogP contribution in [0.2, 0.25) is 0 Å². The summed E-state index contributed by atoms with van der Waals surface area (Å²) in [7, 11) is 2.68. The maximum absolute atomic E-state index is 12.7. The minimum Gasteiger partial charge on any atom is -0.466 e. The molecule has 0 atom stereocenters. The summed E-state index contributed by atoms with van der Waals surface area (Å²) in [6.07, 6.45) is 3.44. The number of rotatable bonds is 4. The third-order valence-corrected chi connectivity index (χ3v) is 4.82. The standard InChI is InChI=1S/C23H23NO4/c1-15-10-11-16(2)18(12-15)21-19(22(25)27-3)13-24(14-20(21)23(26)28-4)17-8-6-5-7-9-17/h5-14,21H,1-4H3. The van der Waals surface area contributed by atoms with Gasteiger partial charge in [0.15, 0.2) is 0 Å². The van der Waals surface area contributed by atoms with Crippen molar-refractivity contribution in [1.29, 1.82) is 0 Å². The lowest BCUT2D eigenvalue weighted by Crippen LogP contribution is -2.29. The minimum absolute atomic E-state index is 0.378. The Morgan fingerprint density at radius 3 is 1.96 bits per heavy atom. The summed E-state index contributed by atoms with van der Waals surface area (Å²) in [6.45, 7) is 3.94. The Kier molecular flexibility index (Phi) is 5.64. The van der Waals surface area contributed by atoms with Gasteiger partial charge in [-0.1, -0.05) is 42.0 Å². The maximum Gasteiger partial charge on any atom is 0.336 e. The molecule has 1 aliphatic rings. The smallest absolute Gasteiger partial charge is 0.336 e. The van der Waals surface area contributed by atoms with Gasteiger partial charge >= 0.3 is 11.9 Å². The van der Waals surface area contributed by atoms with Crippen molar-refractivity contribution in [2.45, 2.75) is 19.8 Å². The van der Waals surface area contributed by atoms with Gasteiger partial charge in [-0.3, -0.25) is 0 Å². The minimum atomic E-state index is -0.570. The number of esters is 2. The van der Waals surface area contributed by atoms with E-state index in [1.54, 1.807) is 17.3 Å². The lowest BCUT2D eigenvalue weighted by atomic mass is 9.80. The van der Waals surface area contributed by atoms with Crippen molar-refractivity contribution in [2.75, 3.05) is 19.1 Å². The number of nitrogens with zero attached hydrogens (tertiary/aromatic N) is 1. The number of methoxy groups -OCH3 is 2. The number of aryl methyl sites for hydroxylation is 2. The molecule has 2 aromatic carbocycles. The molecule has 3 rings (SSSR count). The molecule has 0 saturated carbocycles. The van der Waals surface area contributed by atoms with E-state index in [9.17, 15) is 9.59 Å². The molecule has 0 amide bonds. The molecule has 0 aliphatic carbocycles. The van der Waals surface area contributed by atoms with Crippen molar-refractivity contribution >= 4 is 17.6 Å². The lowest BCUT2D eigenvalue weighted by Gasteiger charge is -2.31. The van der Waals surface area contributed by atoms with E-state index in [0.29, 0.717) is 11.1 Å². The molecule has 0 N–H and O–H groups in total. The highest BCUT2D eigenvalue weighted by atomic mass is 16.5. The van der Waals surface area contributed by atoms with E-state index < -0.39 is 17.9 Å². The van der Waals surface area contributed by atoms with Crippen molar-refractivity contribution in [2.24, 2.45) is 0 Å². The van der Waals surface area contributed by atoms with Gasteiger partial charge in [-0.2, -0.15) is 0 Å². The maximum atomic E-state index is 12.7. The van der Waals surface area contributed by atoms with Gasteiger partial charge in [0.25, 0.3) is 0 Å². The van der Waals surface area contributed by atoms with Crippen molar-refractivity contribution in [3.8, 4) is 0 Å². The summed E-state index contributed by atoms with van der Waals surface area (Å²) in [4.78, 5) is 27.1. The summed E-state index contributed by atoms with van der Waals surface area (Å²) in [6, 6.07) is 15.5. The second-order valence-corrected chi connectivity index (χ2v) is 6.69. The molecule has 0 spiro atoms. The van der Waals surface area contributed by atoms with Crippen LogP contribution in [0.25, 0.3) is 0 Å². The molecular formula is C23H23NO4. The molecule has 0 saturated heterocycles. The first-order chi connectivity index (χ1) is 13.5. The van der Waals surface area contributed by atoms with Crippen molar-refractivity contribution < 1.29 is 19.1 Å². The van der Waals surface area contributed by atoms with E-state index in [4.69, 9.17) is 9.47 Å². The van der Waals surface area contributed by atoms with Crippen LogP contribution in [0.3, 0.4) is 0 Å². The predicted molar refractivity (Wildman–Crippen MR) is 108 cm³/mol. The van der Waals surface area contributed by atoms with Crippen LogP contribution in [-0.2, 0) is 19.1 Å². The van der Waals surface area contributed by atoms with Crippen LogP contribution in [0, 0.1) is 13.8 Å². The fraction of sp³-hybridized carbons (Fsp3) is 0.217. The van der Waals surface area contributed by atoms with E-state index in [0.717, 1.165) is 22.4 Å². The number of hydrogen-bond donors (Lipinski definition) is 0. The molecular weight excluding hydrogens is 354 g/mol. The average molecular weight is 377 g/mol. The molecule has 144 valence electrons. The molecule has 0 radical (unpaired) electrons. The fourth-order valence-corrected chi connectivity index (χ4v) is 3.39. The highest BCUT2D eigenvalue weighted by molar-refractivity contribution is 6.00. The number of carbonyl (C=O) groups excluding carboxylic acids is 2. The van der Waals surface area contributed by atoms with Gasteiger partial charge in [0.2, 0.25) is 0 Å². The van der Waals surface area contributed by atoms with Crippen LogP contribution in [0.15, 0.2) is 72.1 Å². The van der Waals surface area contributed by atoms with Crippen LogP contribution < -0.4 is 4.90 Å². The zero-order valence-corrected chi connectivity index (χ0v) is 16.4. The molecule has 0 unspecified atom stereocenters. The van der Waals surface area contributed by atoms with E-state index in [1.807, 2.05) is 62.4 Å². The first-order valence-electron chi connectivity index (χ1n) is 8.97. The van der Waals surface area contributed by atoms with Crippen molar-refractivity contribution in [3.05, 3.63) is 88.8 Å². The quantitative estimate of drug-likeness (QED) is 0.753. The molecule has 1 heterocycles. The highest BCUT2D eigenvalue weighted by Crippen LogP contribution is 2.39. The monoisotopic (exact) mass is 377 g/mol. The summed E-state index contributed by atoms with van der Waals surface area (Å²) >= 11 is 0. The zero-order valence-electron chi connectivity index (χ0n) is 16.4. The van der Waals surface area contributed by atoms with E-state index >= 15 is 0 Å². The molecule has 0 bridgehead atoms.